The average molecular weight is 270 g/mol. The van der Waals surface area contributed by atoms with Gasteiger partial charge in [0.05, 0.1) is 13.3 Å². The van der Waals surface area contributed by atoms with Gasteiger partial charge in [0.15, 0.2) is 0 Å². The SMILES string of the molecule is COc1cncc(-c2ccc3c(c2)CCN3C(C)O)c1. The Balaban J connectivity index is 1.97. The molecule has 0 amide bonds. The van der Waals surface area contributed by atoms with E-state index in [-0.39, 0.29) is 0 Å². The maximum atomic E-state index is 9.75. The van der Waals surface area contributed by atoms with Crippen LogP contribution in [-0.4, -0.2) is 30.0 Å². The van der Waals surface area contributed by atoms with Gasteiger partial charge in [0.1, 0.15) is 12.0 Å². The van der Waals surface area contributed by atoms with E-state index in [4.69, 9.17) is 4.74 Å². The van der Waals surface area contributed by atoms with E-state index < -0.39 is 6.23 Å². The Labute approximate surface area is 118 Å². The number of anilines is 1. The van der Waals surface area contributed by atoms with Crippen molar-refractivity contribution in [3.63, 3.8) is 0 Å². The Hall–Kier alpha value is -2.07. The molecule has 0 saturated heterocycles. The van der Waals surface area contributed by atoms with Crippen LogP contribution in [0.5, 0.6) is 5.75 Å². The van der Waals surface area contributed by atoms with Crippen molar-refractivity contribution in [2.45, 2.75) is 19.6 Å². The van der Waals surface area contributed by atoms with Crippen molar-refractivity contribution in [2.24, 2.45) is 0 Å². The number of rotatable bonds is 3. The molecule has 0 radical (unpaired) electrons. The maximum absolute atomic E-state index is 9.75. The Morgan fingerprint density at radius 1 is 1.25 bits per heavy atom. The molecule has 1 aromatic carbocycles. The van der Waals surface area contributed by atoms with Crippen molar-refractivity contribution in [1.29, 1.82) is 0 Å². The van der Waals surface area contributed by atoms with Gasteiger partial charge in [-0.1, -0.05) is 6.07 Å². The minimum atomic E-state index is -0.444. The lowest BCUT2D eigenvalue weighted by Gasteiger charge is -2.22. The first-order chi connectivity index (χ1) is 9.69. The molecule has 20 heavy (non-hydrogen) atoms. The fourth-order valence-electron chi connectivity index (χ4n) is 2.68. The van der Waals surface area contributed by atoms with Crippen LogP contribution in [0.2, 0.25) is 0 Å². The highest BCUT2D eigenvalue weighted by molar-refractivity contribution is 5.71. The van der Waals surface area contributed by atoms with Crippen LogP contribution >= 0.6 is 0 Å². The number of hydrogen-bond donors (Lipinski definition) is 1. The number of aliphatic hydroxyl groups is 1. The second-order valence-corrected chi connectivity index (χ2v) is 5.03. The molecule has 1 aliphatic rings. The number of methoxy groups -OCH3 is 1. The summed E-state index contributed by atoms with van der Waals surface area (Å²) < 4.78 is 5.21. The van der Waals surface area contributed by atoms with Crippen LogP contribution < -0.4 is 9.64 Å². The third kappa shape index (κ3) is 2.23. The molecule has 1 aliphatic heterocycles. The van der Waals surface area contributed by atoms with E-state index in [1.54, 1.807) is 20.2 Å². The van der Waals surface area contributed by atoms with E-state index in [2.05, 4.69) is 23.2 Å². The first-order valence-corrected chi connectivity index (χ1v) is 6.76. The van der Waals surface area contributed by atoms with Gasteiger partial charge in [-0.2, -0.15) is 0 Å². The molecule has 4 nitrogen and oxygen atoms in total. The highest BCUT2D eigenvalue weighted by Gasteiger charge is 2.22. The summed E-state index contributed by atoms with van der Waals surface area (Å²) in [4.78, 5) is 6.21. The molecule has 4 heteroatoms. The molecule has 0 aliphatic carbocycles. The van der Waals surface area contributed by atoms with Gasteiger partial charge in [-0.15, -0.1) is 0 Å². The van der Waals surface area contributed by atoms with E-state index in [0.29, 0.717) is 0 Å². The van der Waals surface area contributed by atoms with Crippen LogP contribution in [0.1, 0.15) is 12.5 Å². The molecule has 2 heterocycles. The predicted molar refractivity (Wildman–Crippen MR) is 79.0 cm³/mol. The number of aromatic nitrogens is 1. The van der Waals surface area contributed by atoms with Gasteiger partial charge < -0.3 is 14.7 Å². The van der Waals surface area contributed by atoms with E-state index in [0.717, 1.165) is 35.5 Å². The number of nitrogens with zero attached hydrogens (tertiary/aromatic N) is 2. The van der Waals surface area contributed by atoms with E-state index in [1.165, 1.54) is 5.56 Å². The van der Waals surface area contributed by atoms with Crippen molar-refractivity contribution in [1.82, 2.24) is 4.98 Å². The lowest BCUT2D eigenvalue weighted by molar-refractivity contribution is 0.191. The van der Waals surface area contributed by atoms with Crippen molar-refractivity contribution in [3.05, 3.63) is 42.2 Å². The summed E-state index contributed by atoms with van der Waals surface area (Å²) >= 11 is 0. The fourth-order valence-corrected chi connectivity index (χ4v) is 2.68. The van der Waals surface area contributed by atoms with E-state index in [1.807, 2.05) is 17.2 Å². The second kappa shape index (κ2) is 5.13. The Bertz CT molecular complexity index is 626. The summed E-state index contributed by atoms with van der Waals surface area (Å²) in [5.74, 6) is 0.758. The van der Waals surface area contributed by atoms with Gasteiger partial charge in [-0.3, -0.25) is 4.98 Å². The largest absolute Gasteiger partial charge is 0.495 e. The molecule has 0 bridgehead atoms. The third-order valence-electron chi connectivity index (χ3n) is 3.74. The van der Waals surface area contributed by atoms with Gasteiger partial charge >= 0.3 is 0 Å². The highest BCUT2D eigenvalue weighted by Crippen LogP contribution is 2.33. The summed E-state index contributed by atoms with van der Waals surface area (Å²) in [6.07, 6.45) is 4.06. The normalized spacial score (nSPS) is 15.1. The van der Waals surface area contributed by atoms with Crippen LogP contribution in [0, 0.1) is 0 Å². The molecule has 1 atom stereocenters. The molecule has 1 aromatic heterocycles. The first kappa shape index (κ1) is 12.9. The number of fused-ring (bicyclic) bond motifs is 1. The maximum Gasteiger partial charge on any atom is 0.137 e. The molecule has 0 fully saturated rings. The molecule has 0 saturated carbocycles. The van der Waals surface area contributed by atoms with Gasteiger partial charge in [-0.05, 0) is 42.7 Å². The minimum absolute atomic E-state index is 0.444. The summed E-state index contributed by atoms with van der Waals surface area (Å²) in [5, 5.41) is 9.75. The van der Waals surface area contributed by atoms with Crippen molar-refractivity contribution in [2.75, 3.05) is 18.6 Å². The van der Waals surface area contributed by atoms with Crippen molar-refractivity contribution >= 4 is 5.69 Å². The van der Waals surface area contributed by atoms with Crippen LogP contribution in [0.15, 0.2) is 36.7 Å². The zero-order valence-electron chi connectivity index (χ0n) is 11.7. The van der Waals surface area contributed by atoms with Crippen LogP contribution in [-0.2, 0) is 6.42 Å². The average Bonchev–Trinajstić information content (AvgIpc) is 2.90. The van der Waals surface area contributed by atoms with Gasteiger partial charge in [0, 0.05) is 24.0 Å². The Morgan fingerprint density at radius 3 is 2.85 bits per heavy atom. The smallest absolute Gasteiger partial charge is 0.137 e. The lowest BCUT2D eigenvalue weighted by atomic mass is 10.0. The zero-order valence-corrected chi connectivity index (χ0v) is 11.7. The molecule has 104 valence electrons. The number of aliphatic hydroxyl groups excluding tert-OH is 1. The van der Waals surface area contributed by atoms with Gasteiger partial charge in [0.2, 0.25) is 0 Å². The molecular weight excluding hydrogens is 252 g/mol. The number of benzene rings is 1. The molecule has 0 spiro atoms. The topological polar surface area (TPSA) is 45.6 Å². The molecule has 3 rings (SSSR count). The molecule has 2 aromatic rings. The first-order valence-electron chi connectivity index (χ1n) is 6.76. The highest BCUT2D eigenvalue weighted by atomic mass is 16.5. The Kier molecular flexibility index (Phi) is 3.32. The van der Waals surface area contributed by atoms with E-state index in [9.17, 15) is 5.11 Å². The zero-order chi connectivity index (χ0) is 14.1. The fraction of sp³-hybridized carbons (Fsp3) is 0.312. The standard InChI is InChI=1S/C16H18N2O2/c1-11(19)18-6-5-13-7-12(3-4-16(13)18)14-8-15(20-2)10-17-9-14/h3-4,7-11,19H,5-6H2,1-2H3. The molecule has 1 unspecified atom stereocenters. The van der Waals surface area contributed by atoms with Crippen LogP contribution in [0.25, 0.3) is 11.1 Å². The minimum Gasteiger partial charge on any atom is -0.495 e. The quantitative estimate of drug-likeness (QED) is 0.930. The Morgan fingerprint density at radius 2 is 2.10 bits per heavy atom. The van der Waals surface area contributed by atoms with Gasteiger partial charge in [-0.25, -0.2) is 0 Å². The summed E-state index contributed by atoms with van der Waals surface area (Å²) in [6.45, 7) is 2.67. The summed E-state index contributed by atoms with van der Waals surface area (Å²) in [5.41, 5.74) is 4.57. The van der Waals surface area contributed by atoms with Gasteiger partial charge in [0.25, 0.3) is 0 Å². The molecular formula is C16H18N2O2. The predicted octanol–water partition coefficient (Wildman–Crippen LogP) is 2.46. The number of pyridine rings is 1. The van der Waals surface area contributed by atoms with Crippen LogP contribution in [0.3, 0.4) is 0 Å². The number of hydrogen-bond acceptors (Lipinski definition) is 4. The lowest BCUT2D eigenvalue weighted by Crippen LogP contribution is -2.30. The number of ether oxygens (including phenoxy) is 1. The monoisotopic (exact) mass is 270 g/mol. The van der Waals surface area contributed by atoms with Crippen molar-refractivity contribution < 1.29 is 9.84 Å². The molecule has 1 N–H and O–H groups in total. The summed E-state index contributed by atoms with van der Waals surface area (Å²) in [7, 11) is 1.64. The summed E-state index contributed by atoms with van der Waals surface area (Å²) in [6, 6.07) is 8.30. The van der Waals surface area contributed by atoms with Crippen LogP contribution in [0.4, 0.5) is 5.69 Å². The van der Waals surface area contributed by atoms with E-state index >= 15 is 0 Å². The second-order valence-electron chi connectivity index (χ2n) is 5.03. The third-order valence-corrected chi connectivity index (χ3v) is 3.74. The van der Waals surface area contributed by atoms with Crippen molar-refractivity contribution in [3.8, 4) is 16.9 Å².